The van der Waals surface area contributed by atoms with Gasteiger partial charge in [0.1, 0.15) is 11.3 Å². The van der Waals surface area contributed by atoms with Crippen molar-refractivity contribution >= 4 is 11.0 Å². The van der Waals surface area contributed by atoms with E-state index in [1.165, 1.54) is 6.07 Å². The molecule has 0 aliphatic rings. The molecule has 1 aromatic carbocycles. The molecule has 0 saturated carbocycles. The van der Waals surface area contributed by atoms with Crippen molar-refractivity contribution < 1.29 is 9.52 Å². The van der Waals surface area contributed by atoms with Gasteiger partial charge in [-0.2, -0.15) is 0 Å². The standard InChI is InChI=1S/C12H12O3/c1-6-4-9-7(2)8(3)12(14)15-11(9)5-10(6)13/h4-5,13H,1-3H3. The maximum atomic E-state index is 11.4. The topological polar surface area (TPSA) is 50.4 Å². The molecule has 0 fully saturated rings. The molecule has 1 heterocycles. The maximum absolute atomic E-state index is 11.4. The van der Waals surface area contributed by atoms with E-state index in [4.69, 9.17) is 4.42 Å². The second kappa shape index (κ2) is 3.12. The van der Waals surface area contributed by atoms with Crippen LogP contribution in [0.4, 0.5) is 0 Å². The highest BCUT2D eigenvalue weighted by molar-refractivity contribution is 5.83. The van der Waals surface area contributed by atoms with Gasteiger partial charge in [0, 0.05) is 17.0 Å². The second-order valence-corrected chi connectivity index (χ2v) is 3.77. The normalized spacial score (nSPS) is 10.9. The number of phenols is 1. The Morgan fingerprint density at radius 1 is 1.13 bits per heavy atom. The predicted molar refractivity (Wildman–Crippen MR) is 58.4 cm³/mol. The van der Waals surface area contributed by atoms with Crippen molar-refractivity contribution in [2.45, 2.75) is 20.8 Å². The van der Waals surface area contributed by atoms with Gasteiger partial charge in [0.25, 0.3) is 0 Å². The monoisotopic (exact) mass is 204 g/mol. The Labute approximate surface area is 87.0 Å². The second-order valence-electron chi connectivity index (χ2n) is 3.77. The van der Waals surface area contributed by atoms with Crippen LogP contribution in [0.3, 0.4) is 0 Å². The first kappa shape index (κ1) is 9.77. The van der Waals surface area contributed by atoms with E-state index < -0.39 is 0 Å². The van der Waals surface area contributed by atoms with Crippen LogP contribution in [0.2, 0.25) is 0 Å². The number of benzene rings is 1. The van der Waals surface area contributed by atoms with Gasteiger partial charge in [0.05, 0.1) is 0 Å². The quantitative estimate of drug-likeness (QED) is 0.670. The molecule has 78 valence electrons. The Morgan fingerprint density at radius 2 is 1.80 bits per heavy atom. The van der Waals surface area contributed by atoms with Crippen molar-refractivity contribution in [1.29, 1.82) is 0 Å². The summed E-state index contributed by atoms with van der Waals surface area (Å²) in [5.74, 6) is 0.147. The number of rotatable bonds is 0. The van der Waals surface area contributed by atoms with Gasteiger partial charge in [-0.05, 0) is 38.0 Å². The van der Waals surface area contributed by atoms with Crippen molar-refractivity contribution in [2.24, 2.45) is 0 Å². The van der Waals surface area contributed by atoms with Gasteiger partial charge in [-0.3, -0.25) is 0 Å². The van der Waals surface area contributed by atoms with Crippen LogP contribution in [-0.4, -0.2) is 5.11 Å². The molecule has 0 bridgehead atoms. The van der Waals surface area contributed by atoms with Gasteiger partial charge in [0.15, 0.2) is 0 Å². The SMILES string of the molecule is Cc1cc2c(C)c(C)c(=O)oc2cc1O. The molecule has 1 aromatic heterocycles. The summed E-state index contributed by atoms with van der Waals surface area (Å²) < 4.78 is 5.09. The minimum atomic E-state index is -0.344. The summed E-state index contributed by atoms with van der Waals surface area (Å²) in [5, 5.41) is 10.4. The van der Waals surface area contributed by atoms with Crippen LogP contribution >= 0.6 is 0 Å². The highest BCUT2D eigenvalue weighted by Gasteiger charge is 2.09. The van der Waals surface area contributed by atoms with E-state index in [9.17, 15) is 9.90 Å². The lowest BCUT2D eigenvalue weighted by Gasteiger charge is -2.06. The summed E-state index contributed by atoms with van der Waals surface area (Å²) in [4.78, 5) is 11.4. The largest absolute Gasteiger partial charge is 0.508 e. The summed E-state index contributed by atoms with van der Waals surface area (Å²) in [5.41, 5.74) is 2.39. The first-order valence-electron chi connectivity index (χ1n) is 4.74. The molecule has 0 unspecified atom stereocenters. The molecular weight excluding hydrogens is 192 g/mol. The molecule has 3 nitrogen and oxygen atoms in total. The van der Waals surface area contributed by atoms with Crippen LogP contribution in [0.1, 0.15) is 16.7 Å². The number of hydrogen-bond donors (Lipinski definition) is 1. The average Bonchev–Trinajstić information content (AvgIpc) is 2.19. The molecular formula is C12H12O3. The van der Waals surface area contributed by atoms with Crippen LogP contribution < -0.4 is 5.63 Å². The molecule has 2 rings (SSSR count). The molecule has 2 aromatic rings. The van der Waals surface area contributed by atoms with Crippen LogP contribution in [0.25, 0.3) is 11.0 Å². The Kier molecular flexibility index (Phi) is 2.03. The van der Waals surface area contributed by atoms with E-state index in [1.807, 2.05) is 19.9 Å². The molecule has 0 amide bonds. The van der Waals surface area contributed by atoms with Crippen LogP contribution in [0, 0.1) is 20.8 Å². The Hall–Kier alpha value is -1.77. The first-order valence-corrected chi connectivity index (χ1v) is 4.74. The van der Waals surface area contributed by atoms with Crippen molar-refractivity contribution in [3.8, 4) is 5.75 Å². The maximum Gasteiger partial charge on any atom is 0.339 e. The predicted octanol–water partition coefficient (Wildman–Crippen LogP) is 2.42. The van der Waals surface area contributed by atoms with Gasteiger partial charge in [0.2, 0.25) is 0 Å². The van der Waals surface area contributed by atoms with E-state index in [0.717, 1.165) is 16.5 Å². The lowest BCUT2D eigenvalue weighted by atomic mass is 10.0. The molecule has 15 heavy (non-hydrogen) atoms. The van der Waals surface area contributed by atoms with Gasteiger partial charge in [-0.1, -0.05) is 0 Å². The molecule has 0 radical (unpaired) electrons. The lowest BCUT2D eigenvalue weighted by Crippen LogP contribution is -2.05. The van der Waals surface area contributed by atoms with Crippen LogP contribution in [-0.2, 0) is 0 Å². The van der Waals surface area contributed by atoms with Gasteiger partial charge < -0.3 is 9.52 Å². The third-order valence-corrected chi connectivity index (χ3v) is 2.77. The number of aromatic hydroxyl groups is 1. The number of aryl methyl sites for hydroxylation is 2. The van der Waals surface area contributed by atoms with Crippen LogP contribution in [0.5, 0.6) is 5.75 Å². The zero-order chi connectivity index (χ0) is 11.2. The Bertz CT molecular complexity index is 594. The van der Waals surface area contributed by atoms with E-state index in [1.54, 1.807) is 6.92 Å². The highest BCUT2D eigenvalue weighted by Crippen LogP contribution is 2.26. The highest BCUT2D eigenvalue weighted by atomic mass is 16.4. The zero-order valence-electron chi connectivity index (χ0n) is 8.92. The third kappa shape index (κ3) is 1.40. The lowest BCUT2D eigenvalue weighted by molar-refractivity contribution is 0.468. The molecule has 0 aliphatic heterocycles. The molecule has 0 aliphatic carbocycles. The number of phenolic OH excluding ortho intramolecular Hbond substituents is 1. The van der Waals surface area contributed by atoms with Crippen molar-refractivity contribution in [2.75, 3.05) is 0 Å². The fourth-order valence-corrected chi connectivity index (χ4v) is 1.59. The summed E-state index contributed by atoms with van der Waals surface area (Å²) in [7, 11) is 0. The molecule has 3 heteroatoms. The van der Waals surface area contributed by atoms with Gasteiger partial charge >= 0.3 is 5.63 Å². The summed E-state index contributed by atoms with van der Waals surface area (Å²) in [6.45, 7) is 5.43. The fraction of sp³-hybridized carbons (Fsp3) is 0.250. The summed E-state index contributed by atoms with van der Waals surface area (Å²) in [6.07, 6.45) is 0. The van der Waals surface area contributed by atoms with E-state index in [2.05, 4.69) is 0 Å². The Morgan fingerprint density at radius 3 is 2.47 bits per heavy atom. The molecule has 0 atom stereocenters. The van der Waals surface area contributed by atoms with Crippen molar-refractivity contribution in [1.82, 2.24) is 0 Å². The Balaban J connectivity index is 3.00. The fourth-order valence-electron chi connectivity index (χ4n) is 1.59. The van der Waals surface area contributed by atoms with E-state index in [-0.39, 0.29) is 11.4 Å². The first-order chi connectivity index (χ1) is 7.00. The summed E-state index contributed by atoms with van der Waals surface area (Å²) in [6, 6.07) is 3.31. The number of fused-ring (bicyclic) bond motifs is 1. The number of hydrogen-bond acceptors (Lipinski definition) is 3. The van der Waals surface area contributed by atoms with Crippen LogP contribution in [0.15, 0.2) is 21.3 Å². The van der Waals surface area contributed by atoms with Gasteiger partial charge in [-0.15, -0.1) is 0 Å². The molecule has 0 saturated heterocycles. The average molecular weight is 204 g/mol. The minimum Gasteiger partial charge on any atom is -0.508 e. The van der Waals surface area contributed by atoms with E-state index >= 15 is 0 Å². The van der Waals surface area contributed by atoms with E-state index in [0.29, 0.717) is 11.1 Å². The van der Waals surface area contributed by atoms with Crippen molar-refractivity contribution in [3.63, 3.8) is 0 Å². The molecule has 1 N–H and O–H groups in total. The summed E-state index contributed by atoms with van der Waals surface area (Å²) >= 11 is 0. The smallest absolute Gasteiger partial charge is 0.339 e. The molecule has 0 spiro atoms. The van der Waals surface area contributed by atoms with Crippen molar-refractivity contribution in [3.05, 3.63) is 39.2 Å². The van der Waals surface area contributed by atoms with Gasteiger partial charge in [-0.25, -0.2) is 4.79 Å². The minimum absolute atomic E-state index is 0.147. The zero-order valence-corrected chi connectivity index (χ0v) is 8.92. The third-order valence-electron chi connectivity index (χ3n) is 2.77.